The van der Waals surface area contributed by atoms with Gasteiger partial charge in [0.05, 0.1) is 0 Å². The molecule has 1 aliphatic carbocycles. The highest BCUT2D eigenvalue weighted by molar-refractivity contribution is 8.00. The Morgan fingerprint density at radius 1 is 1.13 bits per heavy atom. The van der Waals surface area contributed by atoms with E-state index in [0.717, 1.165) is 38.9 Å². The van der Waals surface area contributed by atoms with E-state index >= 15 is 0 Å². The molecule has 31 heavy (non-hydrogen) atoms. The molecule has 0 saturated heterocycles. The van der Waals surface area contributed by atoms with Crippen LogP contribution in [0.5, 0.6) is 0 Å². The molecule has 0 N–H and O–H groups in total. The first-order chi connectivity index (χ1) is 15.1. The van der Waals surface area contributed by atoms with Crippen molar-refractivity contribution in [3.63, 3.8) is 0 Å². The summed E-state index contributed by atoms with van der Waals surface area (Å²) in [6.45, 7) is 0. The van der Waals surface area contributed by atoms with Crippen LogP contribution in [0.2, 0.25) is 5.02 Å². The van der Waals surface area contributed by atoms with Gasteiger partial charge in [0.25, 0.3) is 0 Å². The first kappa shape index (κ1) is 20.9. The number of ketones is 1. The minimum atomic E-state index is -0.149. The zero-order valence-corrected chi connectivity index (χ0v) is 19.6. The maximum absolute atomic E-state index is 13.2. The molecule has 0 bridgehead atoms. The van der Waals surface area contributed by atoms with Crippen molar-refractivity contribution in [2.24, 2.45) is 0 Å². The number of nitrogens with zero attached hydrogens (tertiary/aromatic N) is 3. The lowest BCUT2D eigenvalue weighted by molar-refractivity contribution is -0.119. The van der Waals surface area contributed by atoms with Gasteiger partial charge < -0.3 is 0 Å². The van der Waals surface area contributed by atoms with Crippen LogP contribution in [0.3, 0.4) is 0 Å². The van der Waals surface area contributed by atoms with Crippen LogP contribution in [0.25, 0.3) is 0 Å². The Kier molecular flexibility index (Phi) is 5.97. The lowest BCUT2D eigenvalue weighted by atomic mass is 9.78. The van der Waals surface area contributed by atoms with Crippen molar-refractivity contribution >= 4 is 62.9 Å². The highest BCUT2D eigenvalue weighted by atomic mass is 35.5. The van der Waals surface area contributed by atoms with E-state index in [4.69, 9.17) is 11.6 Å². The standard InChI is InChI=1S/C22H18ClN3O2S3/c23-15-6-4-13(5-7-15)11-30-22-25-24-21(31-22)26-17-2-1-3-18(27)20(17)16(10-19(26)28)14-8-9-29-12-14/h4-9,12,16H,1-3,10-11H2/t16-/m0/s1. The Morgan fingerprint density at radius 2 is 1.97 bits per heavy atom. The van der Waals surface area contributed by atoms with Crippen LogP contribution in [0.15, 0.2) is 56.7 Å². The summed E-state index contributed by atoms with van der Waals surface area (Å²) in [5.74, 6) is 0.725. The van der Waals surface area contributed by atoms with Crippen LogP contribution in [0.1, 0.15) is 42.7 Å². The molecule has 3 aromatic rings. The predicted octanol–water partition coefficient (Wildman–Crippen LogP) is 6.07. The van der Waals surface area contributed by atoms with E-state index < -0.39 is 0 Å². The van der Waals surface area contributed by atoms with Gasteiger partial charge in [-0.1, -0.05) is 46.8 Å². The summed E-state index contributed by atoms with van der Waals surface area (Å²) < 4.78 is 0.794. The van der Waals surface area contributed by atoms with E-state index in [1.54, 1.807) is 28.0 Å². The number of allylic oxidation sites excluding steroid dienone is 2. The third-order valence-electron chi connectivity index (χ3n) is 5.48. The third kappa shape index (κ3) is 4.22. The fraction of sp³-hybridized carbons (Fsp3) is 0.273. The van der Waals surface area contributed by atoms with Crippen molar-refractivity contribution in [1.29, 1.82) is 0 Å². The second-order valence-corrected chi connectivity index (χ2v) is 10.8. The highest BCUT2D eigenvalue weighted by Crippen LogP contribution is 2.44. The van der Waals surface area contributed by atoms with E-state index in [1.807, 2.05) is 41.1 Å². The fourth-order valence-corrected chi connectivity index (χ4v) is 6.73. The number of thiophene rings is 1. The van der Waals surface area contributed by atoms with Gasteiger partial charge in [0.15, 0.2) is 10.1 Å². The smallest absolute Gasteiger partial charge is 0.234 e. The number of carbonyl (C=O) groups is 2. The molecular weight excluding hydrogens is 470 g/mol. The molecule has 0 saturated carbocycles. The van der Waals surface area contributed by atoms with Gasteiger partial charge in [0.1, 0.15) is 0 Å². The summed E-state index contributed by atoms with van der Waals surface area (Å²) in [7, 11) is 0. The second-order valence-electron chi connectivity index (χ2n) is 7.45. The van der Waals surface area contributed by atoms with E-state index in [1.165, 1.54) is 11.3 Å². The molecule has 1 aromatic carbocycles. The summed E-state index contributed by atoms with van der Waals surface area (Å²) >= 11 is 10.5. The van der Waals surface area contributed by atoms with Gasteiger partial charge in [0, 0.05) is 40.8 Å². The molecule has 0 radical (unpaired) electrons. The number of thioether (sulfide) groups is 1. The van der Waals surface area contributed by atoms with Crippen molar-refractivity contribution in [3.8, 4) is 0 Å². The van der Waals surface area contributed by atoms with Crippen LogP contribution in [0, 0.1) is 0 Å². The number of hydrogen-bond donors (Lipinski definition) is 0. The van der Waals surface area contributed by atoms with E-state index in [9.17, 15) is 9.59 Å². The van der Waals surface area contributed by atoms with Crippen LogP contribution < -0.4 is 4.90 Å². The number of amides is 1. The summed E-state index contributed by atoms with van der Waals surface area (Å²) in [6, 6.07) is 9.73. The maximum Gasteiger partial charge on any atom is 0.234 e. The van der Waals surface area contributed by atoms with E-state index in [2.05, 4.69) is 10.2 Å². The number of halogens is 1. The number of anilines is 1. The predicted molar refractivity (Wildman–Crippen MR) is 126 cm³/mol. The van der Waals surface area contributed by atoms with Gasteiger partial charge in [-0.15, -0.1) is 10.2 Å². The Labute approximate surface area is 197 Å². The molecule has 0 fully saturated rings. The van der Waals surface area contributed by atoms with Gasteiger partial charge in [-0.25, -0.2) is 0 Å². The Balaban J connectivity index is 1.42. The van der Waals surface area contributed by atoms with E-state index in [0.29, 0.717) is 23.0 Å². The first-order valence-electron chi connectivity index (χ1n) is 9.92. The van der Waals surface area contributed by atoms with Crippen LogP contribution in [-0.4, -0.2) is 21.9 Å². The van der Waals surface area contributed by atoms with E-state index in [-0.39, 0.29) is 24.0 Å². The molecular formula is C22H18ClN3O2S3. The van der Waals surface area contributed by atoms with Crippen molar-refractivity contribution in [3.05, 3.63) is 68.5 Å². The van der Waals surface area contributed by atoms with Crippen molar-refractivity contribution in [1.82, 2.24) is 10.2 Å². The molecule has 2 aliphatic rings. The summed E-state index contributed by atoms with van der Waals surface area (Å²) in [4.78, 5) is 27.7. The Bertz CT molecular complexity index is 1160. The zero-order valence-electron chi connectivity index (χ0n) is 16.4. The molecule has 0 spiro atoms. The third-order valence-corrected chi connectivity index (χ3v) is 8.55. The van der Waals surface area contributed by atoms with Gasteiger partial charge in [-0.2, -0.15) is 11.3 Å². The summed E-state index contributed by atoms with van der Waals surface area (Å²) in [6.07, 6.45) is 2.29. The minimum Gasteiger partial charge on any atom is -0.294 e. The average molecular weight is 488 g/mol. The fourth-order valence-electron chi connectivity index (χ4n) is 4.05. The molecule has 2 aromatic heterocycles. The lowest BCUT2D eigenvalue weighted by Gasteiger charge is -2.36. The molecule has 1 amide bonds. The number of hydrogen-bond acceptors (Lipinski definition) is 7. The molecule has 3 heterocycles. The second kappa shape index (κ2) is 8.86. The van der Waals surface area contributed by atoms with Gasteiger partial charge in [-0.05, 0) is 52.9 Å². The van der Waals surface area contributed by atoms with Gasteiger partial charge >= 0.3 is 0 Å². The largest absolute Gasteiger partial charge is 0.294 e. The van der Waals surface area contributed by atoms with Crippen LogP contribution in [-0.2, 0) is 15.3 Å². The zero-order chi connectivity index (χ0) is 21.4. The molecule has 5 rings (SSSR count). The maximum atomic E-state index is 13.2. The SMILES string of the molecule is O=C1CCCC2=C1[C@H](c1ccsc1)CC(=O)N2c1nnc(SCc2ccc(Cl)cc2)s1. The molecule has 1 atom stereocenters. The van der Waals surface area contributed by atoms with Crippen molar-refractivity contribution in [2.45, 2.75) is 41.7 Å². The number of Topliss-reactive ketones (excluding diaryl/α,β-unsaturated/α-hetero) is 1. The normalized spacial score (nSPS) is 19.1. The number of carbonyl (C=O) groups excluding carboxylic acids is 2. The molecule has 9 heteroatoms. The lowest BCUT2D eigenvalue weighted by Crippen LogP contribution is -2.40. The Morgan fingerprint density at radius 3 is 2.74 bits per heavy atom. The molecule has 1 aliphatic heterocycles. The monoisotopic (exact) mass is 487 g/mol. The number of aromatic nitrogens is 2. The summed E-state index contributed by atoms with van der Waals surface area (Å²) in [5.41, 5.74) is 3.79. The van der Waals surface area contributed by atoms with Gasteiger partial charge in [0.2, 0.25) is 11.0 Å². The average Bonchev–Trinajstić information content (AvgIpc) is 3.45. The number of benzene rings is 1. The quantitative estimate of drug-likeness (QED) is 0.322. The van der Waals surface area contributed by atoms with Crippen LogP contribution >= 0.6 is 46.0 Å². The molecule has 0 unspecified atom stereocenters. The van der Waals surface area contributed by atoms with Crippen molar-refractivity contribution < 1.29 is 9.59 Å². The van der Waals surface area contributed by atoms with Gasteiger partial charge in [-0.3, -0.25) is 14.5 Å². The molecule has 158 valence electrons. The Hall–Kier alpha value is -2.00. The first-order valence-corrected chi connectivity index (χ1v) is 13.0. The minimum absolute atomic E-state index is 0.0185. The highest BCUT2D eigenvalue weighted by Gasteiger charge is 2.41. The van der Waals surface area contributed by atoms with Crippen molar-refractivity contribution in [2.75, 3.05) is 4.90 Å². The molecule has 5 nitrogen and oxygen atoms in total. The van der Waals surface area contributed by atoms with Crippen LogP contribution in [0.4, 0.5) is 5.13 Å². The number of rotatable bonds is 5. The topological polar surface area (TPSA) is 63.2 Å². The summed E-state index contributed by atoms with van der Waals surface area (Å²) in [5, 5.41) is 13.9.